The summed E-state index contributed by atoms with van der Waals surface area (Å²) >= 11 is 12.1. The lowest BCUT2D eigenvalue weighted by Crippen LogP contribution is -2.28. The first-order valence-electron chi connectivity index (χ1n) is 7.38. The number of hydrogen-bond acceptors (Lipinski definition) is 3. The van der Waals surface area contributed by atoms with Crippen LogP contribution in [0.1, 0.15) is 34.7 Å². The first-order valence-corrected chi connectivity index (χ1v) is 8.13. The molecule has 7 heteroatoms. The van der Waals surface area contributed by atoms with Gasteiger partial charge in [-0.25, -0.2) is 0 Å². The number of nitrogens with one attached hydrogen (secondary N) is 2. The van der Waals surface area contributed by atoms with Crippen LogP contribution >= 0.6 is 23.2 Å². The summed E-state index contributed by atoms with van der Waals surface area (Å²) in [6.07, 6.45) is 1.41. The van der Waals surface area contributed by atoms with E-state index in [0.29, 0.717) is 28.2 Å². The number of rotatable bonds is 5. The number of carbonyl (C=O) groups excluding carboxylic acids is 2. The van der Waals surface area contributed by atoms with Crippen LogP contribution in [0, 0.1) is 5.92 Å². The van der Waals surface area contributed by atoms with Gasteiger partial charge in [0.15, 0.2) is 0 Å². The van der Waals surface area contributed by atoms with Crippen molar-refractivity contribution in [2.45, 2.75) is 13.8 Å². The maximum atomic E-state index is 12.4. The zero-order valence-electron chi connectivity index (χ0n) is 13.3. The monoisotopic (exact) mass is 365 g/mol. The zero-order chi connectivity index (χ0) is 17.7. The Bertz CT molecular complexity index is 743. The first-order chi connectivity index (χ1) is 11.4. The molecule has 0 fully saturated rings. The van der Waals surface area contributed by atoms with Gasteiger partial charge in [-0.2, -0.15) is 0 Å². The molecule has 0 aliphatic carbocycles. The molecule has 0 saturated heterocycles. The summed E-state index contributed by atoms with van der Waals surface area (Å²) in [5, 5.41) is 6.07. The molecule has 0 aliphatic heterocycles. The van der Waals surface area contributed by atoms with E-state index in [1.165, 1.54) is 18.3 Å². The fraction of sp³-hybridized carbons (Fsp3) is 0.235. The van der Waals surface area contributed by atoms with Crippen LogP contribution in [0.15, 0.2) is 36.5 Å². The Morgan fingerprint density at radius 3 is 2.42 bits per heavy atom. The van der Waals surface area contributed by atoms with Crippen molar-refractivity contribution in [3.05, 3.63) is 57.8 Å². The molecule has 0 saturated carbocycles. The van der Waals surface area contributed by atoms with Gasteiger partial charge < -0.3 is 10.6 Å². The lowest BCUT2D eigenvalue weighted by molar-refractivity contribution is 0.0944. The Labute approximate surface area is 150 Å². The first kappa shape index (κ1) is 18.2. The molecule has 2 amide bonds. The standard InChI is InChI=1S/C17H17Cl2N3O2/c1-10(2)9-21-17(24)14-8-11(6-7-20-14)16(23)22-15-12(18)4-3-5-13(15)19/h3-8,10H,9H2,1-2H3,(H,21,24)(H,22,23). The molecule has 2 aromatic rings. The number of carbonyl (C=O) groups is 2. The molecule has 0 spiro atoms. The normalized spacial score (nSPS) is 10.5. The van der Waals surface area contributed by atoms with E-state index in [1.807, 2.05) is 13.8 Å². The molecule has 1 aromatic heterocycles. The predicted octanol–water partition coefficient (Wildman–Crippen LogP) is 4.03. The highest BCUT2D eigenvalue weighted by Gasteiger charge is 2.14. The third-order valence-electron chi connectivity index (χ3n) is 3.13. The van der Waals surface area contributed by atoms with Crippen molar-refractivity contribution < 1.29 is 9.59 Å². The van der Waals surface area contributed by atoms with Crippen LogP contribution in [0.4, 0.5) is 5.69 Å². The Hall–Kier alpha value is -2.11. The molecular formula is C17H17Cl2N3O2. The Morgan fingerprint density at radius 1 is 1.12 bits per heavy atom. The highest BCUT2D eigenvalue weighted by atomic mass is 35.5. The summed E-state index contributed by atoms with van der Waals surface area (Å²) in [6, 6.07) is 7.87. The second kappa shape index (κ2) is 8.13. The van der Waals surface area contributed by atoms with E-state index < -0.39 is 5.91 Å². The number of halogens is 2. The molecule has 0 unspecified atom stereocenters. The van der Waals surface area contributed by atoms with Crippen molar-refractivity contribution in [2.75, 3.05) is 11.9 Å². The van der Waals surface area contributed by atoms with Crippen LogP contribution in [-0.4, -0.2) is 23.3 Å². The fourth-order valence-electron chi connectivity index (χ4n) is 1.89. The van der Waals surface area contributed by atoms with E-state index >= 15 is 0 Å². The molecular weight excluding hydrogens is 349 g/mol. The van der Waals surface area contributed by atoms with E-state index in [2.05, 4.69) is 15.6 Å². The smallest absolute Gasteiger partial charge is 0.269 e. The van der Waals surface area contributed by atoms with E-state index in [0.717, 1.165) is 0 Å². The third kappa shape index (κ3) is 4.69. The summed E-state index contributed by atoms with van der Waals surface area (Å²) in [4.78, 5) is 28.4. The molecule has 2 N–H and O–H groups in total. The van der Waals surface area contributed by atoms with Crippen molar-refractivity contribution >= 4 is 40.7 Å². The van der Waals surface area contributed by atoms with Gasteiger partial charge in [0, 0.05) is 18.3 Å². The number of nitrogens with zero attached hydrogens (tertiary/aromatic N) is 1. The van der Waals surface area contributed by atoms with Gasteiger partial charge in [-0.1, -0.05) is 43.1 Å². The number of hydrogen-bond donors (Lipinski definition) is 2. The molecule has 1 heterocycles. The molecule has 0 radical (unpaired) electrons. The summed E-state index contributed by atoms with van der Waals surface area (Å²) in [7, 11) is 0. The van der Waals surface area contributed by atoms with Crippen molar-refractivity contribution in [1.82, 2.24) is 10.3 Å². The van der Waals surface area contributed by atoms with Gasteiger partial charge in [0.2, 0.25) is 0 Å². The summed E-state index contributed by atoms with van der Waals surface area (Å²) in [6.45, 7) is 4.52. The maximum Gasteiger partial charge on any atom is 0.269 e. The van der Waals surface area contributed by atoms with Crippen LogP contribution < -0.4 is 10.6 Å². The van der Waals surface area contributed by atoms with Crippen LogP contribution in [-0.2, 0) is 0 Å². The fourth-order valence-corrected chi connectivity index (χ4v) is 2.38. The Kier molecular flexibility index (Phi) is 6.17. The Balaban J connectivity index is 2.16. The van der Waals surface area contributed by atoms with Crippen molar-refractivity contribution in [2.24, 2.45) is 5.92 Å². The van der Waals surface area contributed by atoms with Crippen molar-refractivity contribution in [1.29, 1.82) is 0 Å². The van der Waals surface area contributed by atoms with Crippen molar-refractivity contribution in [3.63, 3.8) is 0 Å². The average molecular weight is 366 g/mol. The topological polar surface area (TPSA) is 71.1 Å². The second-order valence-electron chi connectivity index (χ2n) is 5.58. The minimum Gasteiger partial charge on any atom is -0.350 e. The van der Waals surface area contributed by atoms with Gasteiger partial charge in [-0.15, -0.1) is 0 Å². The van der Waals surface area contributed by atoms with Gasteiger partial charge in [0.25, 0.3) is 11.8 Å². The zero-order valence-corrected chi connectivity index (χ0v) is 14.8. The minimum atomic E-state index is -0.426. The second-order valence-corrected chi connectivity index (χ2v) is 6.40. The van der Waals surface area contributed by atoms with Gasteiger partial charge in [-0.3, -0.25) is 14.6 Å². The van der Waals surface area contributed by atoms with Gasteiger partial charge in [0.1, 0.15) is 5.69 Å². The molecule has 126 valence electrons. The molecule has 5 nitrogen and oxygen atoms in total. The predicted molar refractivity (Wildman–Crippen MR) is 95.8 cm³/mol. The largest absolute Gasteiger partial charge is 0.350 e. The number of aromatic nitrogens is 1. The molecule has 0 atom stereocenters. The number of para-hydroxylation sites is 1. The Morgan fingerprint density at radius 2 is 1.79 bits per heavy atom. The van der Waals surface area contributed by atoms with Crippen LogP contribution in [0.3, 0.4) is 0 Å². The summed E-state index contributed by atoms with van der Waals surface area (Å²) < 4.78 is 0. The molecule has 24 heavy (non-hydrogen) atoms. The number of pyridine rings is 1. The summed E-state index contributed by atoms with van der Waals surface area (Å²) in [5.41, 5.74) is 0.790. The van der Waals surface area contributed by atoms with Crippen LogP contribution in [0.5, 0.6) is 0 Å². The highest BCUT2D eigenvalue weighted by Crippen LogP contribution is 2.30. The maximum absolute atomic E-state index is 12.4. The molecule has 1 aromatic carbocycles. The highest BCUT2D eigenvalue weighted by molar-refractivity contribution is 6.40. The van der Waals surface area contributed by atoms with Gasteiger partial charge in [0.05, 0.1) is 15.7 Å². The van der Waals surface area contributed by atoms with E-state index in [9.17, 15) is 9.59 Å². The van der Waals surface area contributed by atoms with Crippen molar-refractivity contribution in [3.8, 4) is 0 Å². The van der Waals surface area contributed by atoms with Crippen LogP contribution in [0.25, 0.3) is 0 Å². The van der Waals surface area contributed by atoms with Gasteiger partial charge in [-0.05, 0) is 30.2 Å². The van der Waals surface area contributed by atoms with Gasteiger partial charge >= 0.3 is 0 Å². The molecule has 0 bridgehead atoms. The number of anilines is 1. The average Bonchev–Trinajstić information content (AvgIpc) is 2.56. The SMILES string of the molecule is CC(C)CNC(=O)c1cc(C(=O)Nc2c(Cl)cccc2Cl)ccn1. The molecule has 0 aliphatic rings. The number of amides is 2. The third-order valence-corrected chi connectivity index (χ3v) is 3.76. The lowest BCUT2D eigenvalue weighted by atomic mass is 10.2. The van der Waals surface area contributed by atoms with E-state index in [1.54, 1.807) is 18.2 Å². The van der Waals surface area contributed by atoms with Crippen LogP contribution in [0.2, 0.25) is 10.0 Å². The summed E-state index contributed by atoms with van der Waals surface area (Å²) in [5.74, 6) is -0.428. The lowest BCUT2D eigenvalue weighted by Gasteiger charge is -2.10. The van der Waals surface area contributed by atoms with E-state index in [-0.39, 0.29) is 17.2 Å². The molecule has 2 rings (SSSR count). The van der Waals surface area contributed by atoms with E-state index in [4.69, 9.17) is 23.2 Å². The quantitative estimate of drug-likeness (QED) is 0.840. The minimum absolute atomic E-state index is 0.175. The number of benzene rings is 1.